The normalized spacial score (nSPS) is 10.9. The van der Waals surface area contributed by atoms with Crippen LogP contribution in [-0.4, -0.2) is 38.1 Å². The lowest BCUT2D eigenvalue weighted by atomic mass is 10.1. The average Bonchev–Trinajstić information content (AvgIpc) is 2.80. The van der Waals surface area contributed by atoms with Gasteiger partial charge in [0.15, 0.2) is 28.6 Å². The molecule has 0 bridgehead atoms. The maximum absolute atomic E-state index is 13.6. The molecule has 0 fully saturated rings. The first-order chi connectivity index (χ1) is 15.5. The molecule has 0 aliphatic rings. The molecular weight excluding hydrogens is 416 g/mol. The highest BCUT2D eigenvalue weighted by Gasteiger charge is 2.26. The van der Waals surface area contributed by atoms with Gasteiger partial charge < -0.3 is 33.6 Å². The number of ether oxygens (including phenoxy) is 4. The number of phenolic OH excluding ortho intramolecular Hbond substituents is 2. The molecular formula is C24H28O8. The molecule has 3 rings (SSSR count). The Kier molecular flexibility index (Phi) is 7.35. The molecule has 172 valence electrons. The van der Waals surface area contributed by atoms with Crippen LogP contribution >= 0.6 is 0 Å². The number of fused-ring (bicyclic) bond motifs is 1. The summed E-state index contributed by atoms with van der Waals surface area (Å²) >= 11 is 0. The lowest BCUT2D eigenvalue weighted by Crippen LogP contribution is -2.12. The molecule has 0 aliphatic heterocycles. The van der Waals surface area contributed by atoms with Crippen LogP contribution in [0.15, 0.2) is 33.5 Å². The number of hydrogen-bond acceptors (Lipinski definition) is 8. The standard InChI is InChI=1S/C24H28O8/c1-5-6-7-8-11-31-24-20(27)19-17(28-2)13-18(29-3)22(30-4)23(19)32-21(24)14-9-10-15(25)16(26)12-14/h9-10,12-13,25-26H,5-8,11H2,1-4H3. The molecule has 8 heteroatoms. The third kappa shape index (κ3) is 4.39. The molecule has 0 radical (unpaired) electrons. The van der Waals surface area contributed by atoms with Gasteiger partial charge in [0, 0.05) is 11.6 Å². The van der Waals surface area contributed by atoms with Gasteiger partial charge in [-0.3, -0.25) is 4.79 Å². The van der Waals surface area contributed by atoms with Crippen LogP contribution in [0.25, 0.3) is 22.3 Å². The van der Waals surface area contributed by atoms with E-state index >= 15 is 0 Å². The van der Waals surface area contributed by atoms with Crippen molar-refractivity contribution in [1.82, 2.24) is 0 Å². The minimum Gasteiger partial charge on any atom is -0.504 e. The monoisotopic (exact) mass is 444 g/mol. The molecule has 0 unspecified atom stereocenters. The molecule has 2 aromatic carbocycles. The molecule has 0 amide bonds. The number of phenols is 2. The van der Waals surface area contributed by atoms with Crippen LogP contribution in [0, 0.1) is 0 Å². The van der Waals surface area contributed by atoms with Gasteiger partial charge in [0.25, 0.3) is 0 Å². The van der Waals surface area contributed by atoms with E-state index < -0.39 is 5.43 Å². The Labute approximate surface area is 185 Å². The molecule has 8 nitrogen and oxygen atoms in total. The Morgan fingerprint density at radius 2 is 1.62 bits per heavy atom. The summed E-state index contributed by atoms with van der Waals surface area (Å²) in [5.41, 5.74) is 0.0309. The second-order valence-electron chi connectivity index (χ2n) is 7.22. The Morgan fingerprint density at radius 3 is 2.25 bits per heavy atom. The fourth-order valence-electron chi connectivity index (χ4n) is 3.47. The lowest BCUT2D eigenvalue weighted by Gasteiger charge is -2.16. The zero-order chi connectivity index (χ0) is 23.3. The quantitative estimate of drug-likeness (QED) is 0.337. The van der Waals surface area contributed by atoms with E-state index in [4.69, 9.17) is 23.4 Å². The van der Waals surface area contributed by atoms with E-state index in [-0.39, 0.29) is 45.5 Å². The summed E-state index contributed by atoms with van der Waals surface area (Å²) in [5.74, 6) is 0.245. The highest BCUT2D eigenvalue weighted by molar-refractivity contribution is 5.93. The molecule has 0 aliphatic carbocycles. The van der Waals surface area contributed by atoms with E-state index in [1.807, 2.05) is 0 Å². The van der Waals surface area contributed by atoms with E-state index in [0.29, 0.717) is 17.9 Å². The number of hydrogen-bond donors (Lipinski definition) is 2. The van der Waals surface area contributed by atoms with Gasteiger partial charge in [0.2, 0.25) is 16.9 Å². The van der Waals surface area contributed by atoms with E-state index in [9.17, 15) is 15.0 Å². The first kappa shape index (κ1) is 23.1. The van der Waals surface area contributed by atoms with Crippen molar-refractivity contribution in [1.29, 1.82) is 0 Å². The minimum atomic E-state index is -0.442. The summed E-state index contributed by atoms with van der Waals surface area (Å²) in [6, 6.07) is 5.68. The second kappa shape index (κ2) is 10.2. The van der Waals surface area contributed by atoms with Crippen LogP contribution in [0.4, 0.5) is 0 Å². The number of aromatic hydroxyl groups is 2. The maximum atomic E-state index is 13.6. The smallest absolute Gasteiger partial charge is 0.239 e. The summed E-state index contributed by atoms with van der Waals surface area (Å²) in [4.78, 5) is 13.6. The highest BCUT2D eigenvalue weighted by atomic mass is 16.5. The fourth-order valence-corrected chi connectivity index (χ4v) is 3.47. The molecule has 0 saturated carbocycles. The van der Waals surface area contributed by atoms with Crippen LogP contribution in [-0.2, 0) is 0 Å². The van der Waals surface area contributed by atoms with Gasteiger partial charge in [-0.15, -0.1) is 0 Å². The van der Waals surface area contributed by atoms with Crippen LogP contribution in [0.2, 0.25) is 0 Å². The second-order valence-corrected chi connectivity index (χ2v) is 7.22. The van der Waals surface area contributed by atoms with Crippen LogP contribution in [0.5, 0.6) is 34.5 Å². The van der Waals surface area contributed by atoms with Gasteiger partial charge in [-0.05, 0) is 24.6 Å². The zero-order valence-corrected chi connectivity index (χ0v) is 18.7. The van der Waals surface area contributed by atoms with Gasteiger partial charge in [-0.25, -0.2) is 0 Å². The average molecular weight is 444 g/mol. The SMILES string of the molecule is CCCCCCOc1c(-c2ccc(O)c(O)c2)oc2c(OC)c(OC)cc(OC)c2c1=O. The van der Waals surface area contributed by atoms with Gasteiger partial charge in [-0.1, -0.05) is 26.2 Å². The lowest BCUT2D eigenvalue weighted by molar-refractivity contribution is 0.296. The zero-order valence-electron chi connectivity index (χ0n) is 18.7. The van der Waals surface area contributed by atoms with E-state index in [0.717, 1.165) is 25.7 Å². The molecule has 1 aromatic heterocycles. The van der Waals surface area contributed by atoms with Crippen LogP contribution in [0.3, 0.4) is 0 Å². The Balaban J connectivity index is 2.28. The van der Waals surface area contributed by atoms with Gasteiger partial charge in [0.1, 0.15) is 11.1 Å². The van der Waals surface area contributed by atoms with Crippen molar-refractivity contribution in [2.75, 3.05) is 27.9 Å². The summed E-state index contributed by atoms with van der Waals surface area (Å²) in [5, 5.41) is 19.9. The van der Waals surface area contributed by atoms with Crippen LogP contribution < -0.4 is 24.4 Å². The summed E-state index contributed by atoms with van der Waals surface area (Å²) in [6.07, 6.45) is 3.89. The van der Waals surface area contributed by atoms with E-state index in [2.05, 4.69) is 6.92 Å². The van der Waals surface area contributed by atoms with Crippen molar-refractivity contribution in [3.8, 4) is 45.8 Å². The Hall–Kier alpha value is -3.55. The summed E-state index contributed by atoms with van der Waals surface area (Å²) < 4.78 is 28.3. The van der Waals surface area contributed by atoms with Crippen molar-refractivity contribution in [3.63, 3.8) is 0 Å². The number of methoxy groups -OCH3 is 3. The molecule has 32 heavy (non-hydrogen) atoms. The van der Waals surface area contributed by atoms with Crippen LogP contribution in [0.1, 0.15) is 32.6 Å². The minimum absolute atomic E-state index is 0.00962. The van der Waals surface area contributed by atoms with E-state index in [1.165, 1.54) is 39.5 Å². The highest BCUT2D eigenvalue weighted by Crippen LogP contribution is 2.44. The largest absolute Gasteiger partial charge is 0.504 e. The van der Waals surface area contributed by atoms with Gasteiger partial charge in [-0.2, -0.15) is 0 Å². The predicted molar refractivity (Wildman–Crippen MR) is 121 cm³/mol. The summed E-state index contributed by atoms with van der Waals surface area (Å²) in [7, 11) is 4.35. The van der Waals surface area contributed by atoms with Crippen molar-refractivity contribution in [2.24, 2.45) is 0 Å². The third-order valence-electron chi connectivity index (χ3n) is 5.14. The van der Waals surface area contributed by atoms with Crippen molar-refractivity contribution < 1.29 is 33.6 Å². The van der Waals surface area contributed by atoms with E-state index in [1.54, 1.807) is 6.07 Å². The Bertz CT molecular complexity index is 1150. The molecule has 2 N–H and O–H groups in total. The fraction of sp³-hybridized carbons (Fsp3) is 0.375. The molecule has 3 aromatic rings. The number of benzene rings is 2. The van der Waals surface area contributed by atoms with Gasteiger partial charge >= 0.3 is 0 Å². The predicted octanol–water partition coefficient (Wildman–Crippen LogP) is 4.86. The number of unbranched alkanes of at least 4 members (excludes halogenated alkanes) is 3. The maximum Gasteiger partial charge on any atom is 0.239 e. The molecule has 0 spiro atoms. The van der Waals surface area contributed by atoms with Crippen molar-refractivity contribution in [2.45, 2.75) is 32.6 Å². The molecule has 1 heterocycles. The topological polar surface area (TPSA) is 108 Å². The molecule has 0 saturated heterocycles. The number of rotatable bonds is 10. The first-order valence-electron chi connectivity index (χ1n) is 10.4. The van der Waals surface area contributed by atoms with Gasteiger partial charge in [0.05, 0.1) is 27.9 Å². The Morgan fingerprint density at radius 1 is 0.875 bits per heavy atom. The third-order valence-corrected chi connectivity index (χ3v) is 5.14. The van der Waals surface area contributed by atoms with Crippen molar-refractivity contribution in [3.05, 3.63) is 34.5 Å². The van der Waals surface area contributed by atoms with Crippen molar-refractivity contribution >= 4 is 11.0 Å². The summed E-state index contributed by atoms with van der Waals surface area (Å²) in [6.45, 7) is 2.44. The first-order valence-corrected chi connectivity index (χ1v) is 10.4. The molecule has 0 atom stereocenters.